The molecule has 2 aliphatic carbocycles. The lowest BCUT2D eigenvalue weighted by atomic mass is 9.70. The summed E-state index contributed by atoms with van der Waals surface area (Å²) in [5.41, 5.74) is 16.5. The van der Waals surface area contributed by atoms with Crippen LogP contribution in [0.3, 0.4) is 0 Å². The molecule has 2 heterocycles. The van der Waals surface area contributed by atoms with E-state index in [-0.39, 0.29) is 0 Å². The van der Waals surface area contributed by atoms with E-state index in [1.165, 1.54) is 55.5 Å². The zero-order valence-electron chi connectivity index (χ0n) is 29.2. The van der Waals surface area contributed by atoms with E-state index < -0.39 is 5.41 Å². The Bertz CT molecular complexity index is 3110. The third-order valence-corrected chi connectivity index (χ3v) is 11.7. The Balaban J connectivity index is 1.06. The lowest BCUT2D eigenvalue weighted by molar-refractivity contribution is 0.628. The highest BCUT2D eigenvalue weighted by Crippen LogP contribution is 2.65. The molecule has 1 unspecified atom stereocenters. The molecular formula is C51H31NO2. The molecule has 0 N–H and O–H groups in total. The van der Waals surface area contributed by atoms with E-state index >= 15 is 0 Å². The molecule has 3 heteroatoms. The molecular weight excluding hydrogens is 659 g/mol. The van der Waals surface area contributed by atoms with Gasteiger partial charge in [0.1, 0.15) is 16.9 Å². The molecule has 12 rings (SSSR count). The zero-order chi connectivity index (χ0) is 35.4. The second-order valence-corrected chi connectivity index (χ2v) is 14.3. The average molecular weight is 690 g/mol. The van der Waals surface area contributed by atoms with Crippen LogP contribution in [-0.4, -0.2) is 0 Å². The maximum absolute atomic E-state index is 6.71. The summed E-state index contributed by atoms with van der Waals surface area (Å²) >= 11 is 0. The van der Waals surface area contributed by atoms with E-state index in [0.29, 0.717) is 0 Å². The van der Waals surface area contributed by atoms with Crippen LogP contribution in [0.25, 0.3) is 66.5 Å². The van der Waals surface area contributed by atoms with Gasteiger partial charge in [0.05, 0.1) is 11.1 Å². The minimum atomic E-state index is -0.490. The molecule has 0 bridgehead atoms. The number of benzene rings is 8. The number of furan rings is 2. The number of hydrogen-bond donors (Lipinski definition) is 0. The third-order valence-electron chi connectivity index (χ3n) is 11.7. The second-order valence-electron chi connectivity index (χ2n) is 14.3. The number of fused-ring (bicyclic) bond motifs is 15. The van der Waals surface area contributed by atoms with Crippen molar-refractivity contribution in [2.45, 2.75) is 5.41 Å². The zero-order valence-corrected chi connectivity index (χ0v) is 29.2. The van der Waals surface area contributed by atoms with Gasteiger partial charge >= 0.3 is 0 Å². The van der Waals surface area contributed by atoms with Crippen LogP contribution >= 0.6 is 0 Å². The topological polar surface area (TPSA) is 29.5 Å². The molecule has 54 heavy (non-hydrogen) atoms. The molecule has 0 radical (unpaired) electrons. The fourth-order valence-corrected chi connectivity index (χ4v) is 9.58. The highest BCUT2D eigenvalue weighted by molar-refractivity contribution is 6.10. The molecule has 0 fully saturated rings. The normalized spacial score (nSPS) is 15.1. The Kier molecular flexibility index (Phi) is 5.98. The van der Waals surface area contributed by atoms with Crippen LogP contribution in [0.1, 0.15) is 22.3 Å². The number of para-hydroxylation sites is 4. The van der Waals surface area contributed by atoms with E-state index in [1.54, 1.807) is 0 Å². The monoisotopic (exact) mass is 689 g/mol. The molecule has 1 spiro atoms. The Hall–Kier alpha value is -7.10. The number of hydrogen-bond acceptors (Lipinski definition) is 3. The Morgan fingerprint density at radius 1 is 0.389 bits per heavy atom. The molecule has 0 amide bonds. The van der Waals surface area contributed by atoms with Gasteiger partial charge in [-0.2, -0.15) is 0 Å². The van der Waals surface area contributed by atoms with Crippen LogP contribution in [0, 0.1) is 0 Å². The van der Waals surface area contributed by atoms with Crippen molar-refractivity contribution in [3.63, 3.8) is 0 Å². The van der Waals surface area contributed by atoms with E-state index in [1.807, 2.05) is 12.1 Å². The summed E-state index contributed by atoms with van der Waals surface area (Å²) in [5.74, 6) is 0.977. The van der Waals surface area contributed by atoms with Crippen LogP contribution in [0.4, 0.5) is 17.1 Å². The number of rotatable bonds is 4. The van der Waals surface area contributed by atoms with Crippen molar-refractivity contribution >= 4 is 50.0 Å². The van der Waals surface area contributed by atoms with Gasteiger partial charge in [0, 0.05) is 38.7 Å². The smallest absolute Gasteiger partial charge is 0.159 e. The molecule has 3 nitrogen and oxygen atoms in total. The summed E-state index contributed by atoms with van der Waals surface area (Å²) in [5, 5.41) is 3.39. The van der Waals surface area contributed by atoms with Gasteiger partial charge in [-0.05, 0) is 81.4 Å². The van der Waals surface area contributed by atoms with Crippen molar-refractivity contribution in [1.82, 2.24) is 0 Å². The van der Waals surface area contributed by atoms with E-state index in [0.717, 1.165) is 50.3 Å². The molecule has 2 aromatic heterocycles. The molecule has 0 aliphatic heterocycles. The minimum absolute atomic E-state index is 0.490. The van der Waals surface area contributed by atoms with Gasteiger partial charge in [-0.3, -0.25) is 0 Å². The quantitative estimate of drug-likeness (QED) is 0.184. The Morgan fingerprint density at radius 3 is 1.78 bits per heavy atom. The standard InChI is InChI=1S/C51H31NO2/c1-2-14-33(15-3-1)52(44-25-13-21-37-36-16-6-10-26-45(36)53-49(37)44)34-30-28-32(29-31-34)35-20-12-24-43-47(35)38-17-4-8-22-41(38)51(43)42-23-9-5-18-39(42)50-48(51)40-19-7-11-27-46(40)54-50/h1-31H. The van der Waals surface area contributed by atoms with Crippen LogP contribution in [0.2, 0.25) is 0 Å². The van der Waals surface area contributed by atoms with Gasteiger partial charge in [0.15, 0.2) is 5.58 Å². The van der Waals surface area contributed by atoms with Gasteiger partial charge in [-0.1, -0.05) is 146 Å². The fraction of sp³-hybridized carbons (Fsp3) is 0.0196. The molecule has 0 saturated heterocycles. The van der Waals surface area contributed by atoms with Crippen molar-refractivity contribution in [2.24, 2.45) is 0 Å². The highest BCUT2D eigenvalue weighted by Gasteiger charge is 2.54. The minimum Gasteiger partial charge on any atom is -0.456 e. The third kappa shape index (κ3) is 3.80. The SMILES string of the molecule is c1ccc(N(c2ccc(-c3cccc4c3-c3ccccc3C43c4ccccc4-c4oc5ccccc5c43)cc2)c2cccc3c2oc2ccccc23)cc1. The summed E-state index contributed by atoms with van der Waals surface area (Å²) in [4.78, 5) is 2.30. The van der Waals surface area contributed by atoms with Crippen molar-refractivity contribution < 1.29 is 8.83 Å². The van der Waals surface area contributed by atoms with Gasteiger partial charge in [0.2, 0.25) is 0 Å². The maximum Gasteiger partial charge on any atom is 0.159 e. The van der Waals surface area contributed by atoms with Gasteiger partial charge < -0.3 is 13.7 Å². The Morgan fingerprint density at radius 2 is 0.963 bits per heavy atom. The maximum atomic E-state index is 6.71. The summed E-state index contributed by atoms with van der Waals surface area (Å²) in [6, 6.07) is 67.4. The summed E-state index contributed by atoms with van der Waals surface area (Å²) in [7, 11) is 0. The van der Waals surface area contributed by atoms with Crippen LogP contribution in [-0.2, 0) is 5.41 Å². The predicted molar refractivity (Wildman–Crippen MR) is 220 cm³/mol. The first-order valence-corrected chi connectivity index (χ1v) is 18.5. The largest absolute Gasteiger partial charge is 0.456 e. The lowest BCUT2D eigenvalue weighted by Crippen LogP contribution is -2.25. The highest BCUT2D eigenvalue weighted by atomic mass is 16.3. The van der Waals surface area contributed by atoms with Gasteiger partial charge in [0.25, 0.3) is 0 Å². The Labute approximate surface area is 312 Å². The van der Waals surface area contributed by atoms with Crippen molar-refractivity contribution in [3.8, 4) is 33.6 Å². The second kappa shape index (κ2) is 11.0. The molecule has 0 saturated carbocycles. The van der Waals surface area contributed by atoms with E-state index in [2.05, 4.69) is 181 Å². The van der Waals surface area contributed by atoms with Gasteiger partial charge in [-0.25, -0.2) is 0 Å². The van der Waals surface area contributed by atoms with Crippen LogP contribution in [0.15, 0.2) is 197 Å². The van der Waals surface area contributed by atoms with Crippen molar-refractivity contribution in [2.75, 3.05) is 4.90 Å². The first-order valence-electron chi connectivity index (χ1n) is 18.5. The lowest BCUT2D eigenvalue weighted by Gasteiger charge is -2.30. The molecule has 10 aromatic rings. The molecule has 252 valence electrons. The van der Waals surface area contributed by atoms with Crippen LogP contribution in [0.5, 0.6) is 0 Å². The fourth-order valence-electron chi connectivity index (χ4n) is 9.58. The number of nitrogens with zero attached hydrogens (tertiary/aromatic N) is 1. The van der Waals surface area contributed by atoms with Crippen LogP contribution < -0.4 is 4.90 Å². The average Bonchev–Trinajstić information content (AvgIpc) is 3.97. The van der Waals surface area contributed by atoms with E-state index in [4.69, 9.17) is 8.83 Å². The van der Waals surface area contributed by atoms with Crippen molar-refractivity contribution in [3.05, 3.63) is 210 Å². The molecule has 1 atom stereocenters. The van der Waals surface area contributed by atoms with E-state index in [9.17, 15) is 0 Å². The first-order chi connectivity index (χ1) is 26.8. The summed E-state index contributed by atoms with van der Waals surface area (Å²) < 4.78 is 13.3. The molecule has 8 aromatic carbocycles. The first kappa shape index (κ1) is 29.5. The number of anilines is 3. The van der Waals surface area contributed by atoms with Crippen molar-refractivity contribution in [1.29, 1.82) is 0 Å². The predicted octanol–water partition coefficient (Wildman–Crippen LogP) is 13.8. The molecule has 2 aliphatic rings. The summed E-state index contributed by atoms with van der Waals surface area (Å²) in [6.45, 7) is 0. The van der Waals surface area contributed by atoms with Gasteiger partial charge in [-0.15, -0.1) is 0 Å². The summed E-state index contributed by atoms with van der Waals surface area (Å²) in [6.07, 6.45) is 0.